The lowest BCUT2D eigenvalue weighted by molar-refractivity contribution is 0.300. The number of hydrogen-bond donors (Lipinski definition) is 2. The zero-order valence-electron chi connectivity index (χ0n) is 7.05. The smallest absolute Gasteiger partial charge is 0.0592 e. The second-order valence-corrected chi connectivity index (χ2v) is 4.11. The summed E-state index contributed by atoms with van der Waals surface area (Å²) in [6.07, 6.45) is 2.70. The molecule has 0 amide bonds. The Hall–Kier alpha value is -0.550. The third-order valence-corrected chi connectivity index (χ3v) is 3.03. The molecule has 0 atom stereocenters. The number of halogens is 1. The minimum atomic E-state index is 0.207. The summed E-state index contributed by atoms with van der Waals surface area (Å²) in [7, 11) is 0. The van der Waals surface area contributed by atoms with Gasteiger partial charge in [0.05, 0.1) is 5.52 Å². The van der Waals surface area contributed by atoms with Gasteiger partial charge in [-0.3, -0.25) is 0 Å². The van der Waals surface area contributed by atoms with Crippen LogP contribution in [0, 0.1) is 3.57 Å². The van der Waals surface area contributed by atoms with Crippen molar-refractivity contribution >= 4 is 33.5 Å². The summed E-state index contributed by atoms with van der Waals surface area (Å²) < 4.78 is 1.22. The molecule has 13 heavy (non-hydrogen) atoms. The average Bonchev–Trinajstić information content (AvgIpc) is 2.51. The maximum Gasteiger partial charge on any atom is 0.0592 e. The van der Waals surface area contributed by atoms with Gasteiger partial charge >= 0.3 is 0 Å². The maximum atomic E-state index is 8.85. The topological polar surface area (TPSA) is 36.0 Å². The Bertz CT molecular complexity index is 422. The first kappa shape index (κ1) is 9.02. The lowest BCUT2D eigenvalue weighted by Gasteiger charge is -1.96. The van der Waals surface area contributed by atoms with E-state index in [1.807, 2.05) is 12.3 Å². The van der Waals surface area contributed by atoms with Crippen LogP contribution in [0.4, 0.5) is 0 Å². The highest BCUT2D eigenvalue weighted by molar-refractivity contribution is 14.1. The number of hydrogen-bond acceptors (Lipinski definition) is 1. The van der Waals surface area contributed by atoms with E-state index in [0.717, 1.165) is 6.42 Å². The Morgan fingerprint density at radius 3 is 3.00 bits per heavy atom. The fraction of sp³-hybridized carbons (Fsp3) is 0.200. The van der Waals surface area contributed by atoms with Crippen LogP contribution >= 0.6 is 22.6 Å². The van der Waals surface area contributed by atoms with Crippen molar-refractivity contribution in [1.82, 2.24) is 4.98 Å². The molecule has 2 N–H and O–H groups in total. The van der Waals surface area contributed by atoms with Gasteiger partial charge in [0.15, 0.2) is 0 Å². The van der Waals surface area contributed by atoms with Gasteiger partial charge in [0.25, 0.3) is 0 Å². The number of H-pyrrole nitrogens is 1. The van der Waals surface area contributed by atoms with E-state index in [1.54, 1.807) is 0 Å². The molecule has 0 saturated heterocycles. The maximum absolute atomic E-state index is 8.85. The van der Waals surface area contributed by atoms with Crippen LogP contribution in [0.25, 0.3) is 10.9 Å². The van der Waals surface area contributed by atoms with Gasteiger partial charge in [0.1, 0.15) is 0 Å². The molecule has 2 rings (SSSR count). The van der Waals surface area contributed by atoms with Crippen molar-refractivity contribution in [3.63, 3.8) is 0 Å². The third-order valence-electron chi connectivity index (χ3n) is 2.13. The van der Waals surface area contributed by atoms with E-state index < -0.39 is 0 Å². The molecule has 0 aliphatic heterocycles. The lowest BCUT2D eigenvalue weighted by Crippen LogP contribution is -1.87. The second-order valence-electron chi connectivity index (χ2n) is 2.95. The molecule has 0 aliphatic rings. The van der Waals surface area contributed by atoms with Gasteiger partial charge in [-0.2, -0.15) is 0 Å². The largest absolute Gasteiger partial charge is 0.396 e. The average molecular weight is 287 g/mol. The van der Waals surface area contributed by atoms with Gasteiger partial charge in [-0.05, 0) is 40.6 Å². The molecule has 0 unspecified atom stereocenters. The van der Waals surface area contributed by atoms with Crippen molar-refractivity contribution in [3.05, 3.63) is 33.5 Å². The molecule has 0 fully saturated rings. The van der Waals surface area contributed by atoms with Crippen LogP contribution < -0.4 is 0 Å². The van der Waals surface area contributed by atoms with Crippen molar-refractivity contribution in [2.45, 2.75) is 6.42 Å². The molecule has 0 radical (unpaired) electrons. The number of fused-ring (bicyclic) bond motifs is 1. The molecule has 68 valence electrons. The fourth-order valence-electron chi connectivity index (χ4n) is 1.50. The van der Waals surface area contributed by atoms with Gasteiger partial charge in [0, 0.05) is 21.8 Å². The summed E-state index contributed by atoms with van der Waals surface area (Å²) in [6.45, 7) is 0.207. The number of nitrogens with one attached hydrogen (secondary N) is 1. The number of rotatable bonds is 2. The van der Waals surface area contributed by atoms with Crippen molar-refractivity contribution in [2.24, 2.45) is 0 Å². The fourth-order valence-corrected chi connectivity index (χ4v) is 2.16. The van der Waals surface area contributed by atoms with Crippen molar-refractivity contribution in [1.29, 1.82) is 0 Å². The number of aliphatic hydroxyl groups excluding tert-OH is 1. The Kier molecular flexibility index (Phi) is 2.55. The van der Waals surface area contributed by atoms with E-state index in [-0.39, 0.29) is 6.61 Å². The zero-order valence-corrected chi connectivity index (χ0v) is 9.21. The molecule has 1 aromatic heterocycles. The van der Waals surface area contributed by atoms with E-state index in [9.17, 15) is 0 Å². The van der Waals surface area contributed by atoms with Gasteiger partial charge in [-0.1, -0.05) is 12.1 Å². The van der Waals surface area contributed by atoms with Gasteiger partial charge in [0.2, 0.25) is 0 Å². The first-order chi connectivity index (χ1) is 6.33. The van der Waals surface area contributed by atoms with E-state index in [4.69, 9.17) is 5.11 Å². The molecule has 2 aromatic rings. The van der Waals surface area contributed by atoms with Crippen molar-refractivity contribution < 1.29 is 5.11 Å². The number of aromatic nitrogens is 1. The summed E-state index contributed by atoms with van der Waals surface area (Å²) >= 11 is 2.31. The van der Waals surface area contributed by atoms with Gasteiger partial charge in [-0.25, -0.2) is 0 Å². The molecule has 0 bridgehead atoms. The molecular formula is C10H10INO. The second kappa shape index (κ2) is 3.67. The monoisotopic (exact) mass is 287 g/mol. The van der Waals surface area contributed by atoms with Gasteiger partial charge < -0.3 is 10.1 Å². The quantitative estimate of drug-likeness (QED) is 0.817. The number of benzene rings is 1. The van der Waals surface area contributed by atoms with Crippen LogP contribution in [-0.2, 0) is 6.42 Å². The van der Waals surface area contributed by atoms with E-state index in [0.29, 0.717) is 0 Å². The molecule has 3 heteroatoms. The molecule has 1 aromatic carbocycles. The zero-order chi connectivity index (χ0) is 9.26. The summed E-state index contributed by atoms with van der Waals surface area (Å²) in [6, 6.07) is 6.19. The molecule has 0 spiro atoms. The normalized spacial score (nSPS) is 10.9. The van der Waals surface area contributed by atoms with Crippen molar-refractivity contribution in [2.75, 3.05) is 6.61 Å². The SMILES string of the molecule is OCCc1c[nH]c2c(I)cccc12. The molecule has 1 heterocycles. The summed E-state index contributed by atoms with van der Waals surface area (Å²) in [5.41, 5.74) is 2.36. The van der Waals surface area contributed by atoms with Crippen LogP contribution in [0.15, 0.2) is 24.4 Å². The minimum Gasteiger partial charge on any atom is -0.396 e. The van der Waals surface area contributed by atoms with Crippen LogP contribution in [0.2, 0.25) is 0 Å². The Morgan fingerprint density at radius 2 is 2.23 bits per heavy atom. The number of para-hydroxylation sites is 1. The van der Waals surface area contributed by atoms with Crippen LogP contribution in [-0.4, -0.2) is 16.7 Å². The minimum absolute atomic E-state index is 0.207. The highest BCUT2D eigenvalue weighted by Gasteiger charge is 2.04. The number of aromatic amines is 1. The lowest BCUT2D eigenvalue weighted by atomic mass is 10.1. The summed E-state index contributed by atoms with van der Waals surface area (Å²) in [5, 5.41) is 10.1. The van der Waals surface area contributed by atoms with E-state index in [2.05, 4.69) is 39.7 Å². The summed E-state index contributed by atoms with van der Waals surface area (Å²) in [4.78, 5) is 3.22. The molecular weight excluding hydrogens is 277 g/mol. The Morgan fingerprint density at radius 1 is 1.38 bits per heavy atom. The predicted molar refractivity (Wildman–Crippen MR) is 61.8 cm³/mol. The first-order valence-electron chi connectivity index (χ1n) is 4.18. The summed E-state index contributed by atoms with van der Waals surface area (Å²) in [5.74, 6) is 0. The molecule has 0 saturated carbocycles. The Balaban J connectivity index is 2.61. The van der Waals surface area contributed by atoms with Crippen molar-refractivity contribution in [3.8, 4) is 0 Å². The van der Waals surface area contributed by atoms with Gasteiger partial charge in [-0.15, -0.1) is 0 Å². The molecule has 0 aliphatic carbocycles. The van der Waals surface area contributed by atoms with Crippen LogP contribution in [0.3, 0.4) is 0 Å². The first-order valence-corrected chi connectivity index (χ1v) is 5.26. The number of aliphatic hydroxyl groups is 1. The van der Waals surface area contributed by atoms with Crippen LogP contribution in [0.1, 0.15) is 5.56 Å². The van der Waals surface area contributed by atoms with E-state index >= 15 is 0 Å². The highest BCUT2D eigenvalue weighted by atomic mass is 127. The highest BCUT2D eigenvalue weighted by Crippen LogP contribution is 2.22. The Labute approximate surface area is 90.1 Å². The molecule has 2 nitrogen and oxygen atoms in total. The standard InChI is InChI=1S/C10H10INO/c11-9-3-1-2-8-7(4-5-13)6-12-10(8)9/h1-3,6,12-13H,4-5H2. The third kappa shape index (κ3) is 1.58. The predicted octanol–water partition coefficient (Wildman–Crippen LogP) is 2.31. The van der Waals surface area contributed by atoms with E-state index in [1.165, 1.54) is 20.0 Å². The van der Waals surface area contributed by atoms with Crippen LogP contribution in [0.5, 0.6) is 0 Å².